The van der Waals surface area contributed by atoms with Gasteiger partial charge in [-0.05, 0) is 42.8 Å². The normalized spacial score (nSPS) is 14.2. The van der Waals surface area contributed by atoms with Crippen LogP contribution in [0.5, 0.6) is 0 Å². The second-order valence-corrected chi connectivity index (χ2v) is 8.60. The number of rotatable bonds is 10. The number of benzene rings is 2. The lowest BCUT2D eigenvalue weighted by atomic mass is 9.98. The van der Waals surface area contributed by atoms with Crippen molar-refractivity contribution in [2.24, 2.45) is 5.92 Å². The zero-order chi connectivity index (χ0) is 24.0. The molecule has 0 saturated heterocycles. The van der Waals surface area contributed by atoms with Gasteiger partial charge in [0.25, 0.3) is 0 Å². The highest BCUT2D eigenvalue weighted by Crippen LogP contribution is 2.44. The van der Waals surface area contributed by atoms with E-state index >= 15 is 0 Å². The number of aliphatic carboxylic acids is 1. The molecule has 0 heterocycles. The van der Waals surface area contributed by atoms with Gasteiger partial charge in [0.15, 0.2) is 0 Å². The molecule has 0 spiro atoms. The van der Waals surface area contributed by atoms with Gasteiger partial charge < -0.3 is 25.4 Å². The Morgan fingerprint density at radius 1 is 1.03 bits per heavy atom. The van der Waals surface area contributed by atoms with E-state index in [1.54, 1.807) is 25.9 Å². The van der Waals surface area contributed by atoms with Crippen molar-refractivity contribution in [2.75, 3.05) is 33.8 Å². The highest BCUT2D eigenvalue weighted by molar-refractivity contribution is 5.86. The predicted molar refractivity (Wildman–Crippen MR) is 125 cm³/mol. The number of hydrogen-bond donors (Lipinski definition) is 3. The van der Waals surface area contributed by atoms with E-state index in [0.717, 1.165) is 22.3 Å². The van der Waals surface area contributed by atoms with Gasteiger partial charge in [0.2, 0.25) is 5.91 Å². The number of nitrogens with zero attached hydrogens (tertiary/aromatic N) is 1. The Kier molecular flexibility index (Phi) is 8.06. The highest BCUT2D eigenvalue weighted by atomic mass is 16.5. The number of ether oxygens (including phenoxy) is 1. The molecule has 2 amide bonds. The first-order chi connectivity index (χ1) is 15.8. The van der Waals surface area contributed by atoms with Crippen molar-refractivity contribution in [2.45, 2.75) is 25.3 Å². The van der Waals surface area contributed by atoms with Crippen molar-refractivity contribution in [3.63, 3.8) is 0 Å². The fraction of sp³-hybridized carbons (Fsp3) is 0.400. The number of carbonyl (C=O) groups is 3. The number of carboxylic acids is 1. The van der Waals surface area contributed by atoms with Gasteiger partial charge in [0.05, 0.1) is 5.92 Å². The van der Waals surface area contributed by atoms with Gasteiger partial charge in [0.1, 0.15) is 12.6 Å². The van der Waals surface area contributed by atoms with Gasteiger partial charge in [-0.15, -0.1) is 0 Å². The first kappa shape index (κ1) is 24.3. The van der Waals surface area contributed by atoms with Crippen LogP contribution in [-0.2, 0) is 14.3 Å². The van der Waals surface area contributed by atoms with E-state index in [1.165, 1.54) is 0 Å². The number of hydrogen-bond acceptors (Lipinski definition) is 5. The Morgan fingerprint density at radius 3 is 2.15 bits per heavy atom. The van der Waals surface area contributed by atoms with Gasteiger partial charge in [-0.1, -0.05) is 55.5 Å². The van der Waals surface area contributed by atoms with Crippen molar-refractivity contribution >= 4 is 18.0 Å². The third kappa shape index (κ3) is 6.10. The summed E-state index contributed by atoms with van der Waals surface area (Å²) >= 11 is 0. The molecule has 2 unspecified atom stereocenters. The SMILES string of the molecule is CC(CCNC(=O)C(CN(C)C)NC(=O)OCC1c2ccccc2-c2ccccc21)C(=O)O. The van der Waals surface area contributed by atoms with E-state index in [2.05, 4.69) is 22.8 Å². The summed E-state index contributed by atoms with van der Waals surface area (Å²) in [7, 11) is 3.60. The number of carbonyl (C=O) groups excluding carboxylic acids is 2. The summed E-state index contributed by atoms with van der Waals surface area (Å²) in [5.74, 6) is -1.92. The fourth-order valence-corrected chi connectivity index (χ4v) is 4.00. The third-order valence-corrected chi connectivity index (χ3v) is 5.80. The Labute approximate surface area is 193 Å². The molecule has 2 aromatic rings. The number of amides is 2. The molecule has 3 N–H and O–H groups in total. The molecule has 0 fully saturated rings. The van der Waals surface area contributed by atoms with E-state index in [9.17, 15) is 14.4 Å². The van der Waals surface area contributed by atoms with Crippen LogP contribution in [-0.4, -0.2) is 67.8 Å². The molecule has 2 aromatic carbocycles. The summed E-state index contributed by atoms with van der Waals surface area (Å²) in [4.78, 5) is 37.9. The predicted octanol–water partition coefficient (Wildman–Crippen LogP) is 2.68. The third-order valence-electron chi connectivity index (χ3n) is 5.80. The molecular formula is C25H31N3O5. The standard InChI is InChI=1S/C25H31N3O5/c1-16(24(30)31)12-13-26-23(29)22(14-28(2)3)27-25(32)33-15-21-19-10-6-4-8-17(19)18-9-5-7-11-20(18)21/h4-11,16,21-22H,12-15H2,1-3H3,(H,26,29)(H,27,32)(H,30,31). The molecule has 2 atom stereocenters. The van der Waals surface area contributed by atoms with E-state index in [-0.39, 0.29) is 31.5 Å². The van der Waals surface area contributed by atoms with Crippen LogP contribution in [0.3, 0.4) is 0 Å². The highest BCUT2D eigenvalue weighted by Gasteiger charge is 2.30. The molecule has 1 aliphatic rings. The second-order valence-electron chi connectivity index (χ2n) is 8.60. The number of nitrogens with one attached hydrogen (secondary N) is 2. The van der Waals surface area contributed by atoms with Gasteiger partial charge in [-0.25, -0.2) is 4.79 Å². The average molecular weight is 454 g/mol. The van der Waals surface area contributed by atoms with Crippen molar-refractivity contribution in [3.05, 3.63) is 59.7 Å². The van der Waals surface area contributed by atoms with Crippen LogP contribution in [0.2, 0.25) is 0 Å². The van der Waals surface area contributed by atoms with Gasteiger partial charge >= 0.3 is 12.1 Å². The molecule has 0 aliphatic heterocycles. The maximum absolute atomic E-state index is 12.6. The Bertz CT molecular complexity index is 962. The quantitative estimate of drug-likeness (QED) is 0.511. The number of carboxylic acid groups (broad SMARTS) is 1. The summed E-state index contributed by atoms with van der Waals surface area (Å²) in [5, 5.41) is 14.3. The minimum atomic E-state index is -0.911. The summed E-state index contributed by atoms with van der Waals surface area (Å²) in [6.07, 6.45) is -0.362. The molecule has 33 heavy (non-hydrogen) atoms. The maximum Gasteiger partial charge on any atom is 0.407 e. The molecule has 8 heteroatoms. The average Bonchev–Trinajstić information content (AvgIpc) is 3.10. The topological polar surface area (TPSA) is 108 Å². The van der Waals surface area contributed by atoms with E-state index < -0.39 is 24.0 Å². The van der Waals surface area contributed by atoms with Gasteiger partial charge in [0, 0.05) is 19.0 Å². The van der Waals surface area contributed by atoms with Crippen LogP contribution in [0.4, 0.5) is 4.79 Å². The number of fused-ring (bicyclic) bond motifs is 3. The van der Waals surface area contributed by atoms with Crippen LogP contribution >= 0.6 is 0 Å². The van der Waals surface area contributed by atoms with Crippen LogP contribution in [0.1, 0.15) is 30.4 Å². The monoisotopic (exact) mass is 453 g/mol. The van der Waals surface area contributed by atoms with Crippen LogP contribution < -0.4 is 10.6 Å². The van der Waals surface area contributed by atoms with Crippen LogP contribution in [0, 0.1) is 5.92 Å². The summed E-state index contributed by atoms with van der Waals surface area (Å²) in [6.45, 7) is 2.24. The zero-order valence-electron chi connectivity index (χ0n) is 19.2. The zero-order valence-corrected chi connectivity index (χ0v) is 19.2. The fourth-order valence-electron chi connectivity index (χ4n) is 4.00. The van der Waals surface area contributed by atoms with E-state index in [4.69, 9.17) is 9.84 Å². The van der Waals surface area contributed by atoms with Gasteiger partial charge in [-0.3, -0.25) is 9.59 Å². The van der Waals surface area contributed by atoms with Crippen LogP contribution in [0.15, 0.2) is 48.5 Å². The Hall–Kier alpha value is -3.39. The van der Waals surface area contributed by atoms with E-state index in [1.807, 2.05) is 36.4 Å². The molecule has 0 aromatic heterocycles. The first-order valence-electron chi connectivity index (χ1n) is 11.0. The molecule has 0 radical (unpaired) electrons. The van der Waals surface area contributed by atoms with Crippen molar-refractivity contribution in [1.82, 2.24) is 15.5 Å². The largest absolute Gasteiger partial charge is 0.481 e. The Balaban J connectivity index is 1.59. The lowest BCUT2D eigenvalue weighted by Crippen LogP contribution is -2.52. The molecular weight excluding hydrogens is 422 g/mol. The minimum absolute atomic E-state index is 0.0678. The molecule has 0 bridgehead atoms. The molecule has 3 rings (SSSR count). The van der Waals surface area contributed by atoms with Crippen molar-refractivity contribution in [1.29, 1.82) is 0 Å². The number of likely N-dealkylation sites (N-methyl/N-ethyl adjacent to an activating group) is 1. The summed E-state index contributed by atoms with van der Waals surface area (Å²) < 4.78 is 5.55. The number of alkyl carbamates (subject to hydrolysis) is 1. The van der Waals surface area contributed by atoms with Crippen LogP contribution in [0.25, 0.3) is 11.1 Å². The summed E-state index contributed by atoms with van der Waals surface area (Å²) in [6, 6.07) is 15.3. The smallest absolute Gasteiger partial charge is 0.407 e. The van der Waals surface area contributed by atoms with Crippen molar-refractivity contribution < 1.29 is 24.2 Å². The van der Waals surface area contributed by atoms with Gasteiger partial charge in [-0.2, -0.15) is 0 Å². The molecule has 1 aliphatic carbocycles. The van der Waals surface area contributed by atoms with Crippen molar-refractivity contribution in [3.8, 4) is 11.1 Å². The lowest BCUT2D eigenvalue weighted by molar-refractivity contribution is -0.141. The first-order valence-corrected chi connectivity index (χ1v) is 11.0. The maximum atomic E-state index is 12.6. The lowest BCUT2D eigenvalue weighted by Gasteiger charge is -2.22. The summed E-state index contributed by atoms with van der Waals surface area (Å²) in [5.41, 5.74) is 4.51. The molecule has 0 saturated carbocycles. The Morgan fingerprint density at radius 2 is 1.61 bits per heavy atom. The van der Waals surface area contributed by atoms with E-state index in [0.29, 0.717) is 6.42 Å². The molecule has 8 nitrogen and oxygen atoms in total. The second kappa shape index (κ2) is 11.0. The minimum Gasteiger partial charge on any atom is -0.481 e. The molecule has 176 valence electrons.